The lowest BCUT2D eigenvalue weighted by atomic mass is 9.80. The summed E-state index contributed by atoms with van der Waals surface area (Å²) in [6.07, 6.45) is 5.87. The van der Waals surface area contributed by atoms with E-state index in [2.05, 4.69) is 70.7 Å². The highest BCUT2D eigenvalue weighted by molar-refractivity contribution is 5.83. The zero-order chi connectivity index (χ0) is 14.6. The van der Waals surface area contributed by atoms with Crippen molar-refractivity contribution in [3.8, 4) is 0 Å². The molecule has 4 heteroatoms. The van der Waals surface area contributed by atoms with Gasteiger partial charge in [-0.3, -0.25) is 0 Å². The number of allylic oxidation sites excluding steroid dienone is 1. The topological polar surface area (TPSA) is 32.3 Å². The number of hydrogen-bond donors (Lipinski definition) is 0. The smallest absolute Gasteiger partial charge is 0.157 e. The highest BCUT2D eigenvalue weighted by Crippen LogP contribution is 2.52. The first-order valence-electron chi connectivity index (χ1n) is 7.27. The number of hydrogen-bond acceptors (Lipinski definition) is 4. The molecule has 0 fully saturated rings. The summed E-state index contributed by atoms with van der Waals surface area (Å²) < 4.78 is 0. The Hall–Kier alpha value is -2.36. The standard InChI is InChI=1S/C17H18N4/c1-4-12-11(2)17-20(3)16-15(9-18-10-19-16)21(17)14-8-6-5-7-13(12)14/h4-12,17H,1H2,2-3H3. The van der Waals surface area contributed by atoms with Gasteiger partial charge < -0.3 is 9.80 Å². The van der Waals surface area contributed by atoms with Crippen LogP contribution in [-0.2, 0) is 0 Å². The molecule has 0 N–H and O–H groups in total. The highest BCUT2D eigenvalue weighted by atomic mass is 15.4. The first-order chi connectivity index (χ1) is 10.2. The third kappa shape index (κ3) is 1.50. The van der Waals surface area contributed by atoms with Gasteiger partial charge in [-0.2, -0.15) is 0 Å². The van der Waals surface area contributed by atoms with E-state index in [9.17, 15) is 0 Å². The van der Waals surface area contributed by atoms with E-state index in [-0.39, 0.29) is 6.17 Å². The van der Waals surface area contributed by atoms with Crippen molar-refractivity contribution in [2.45, 2.75) is 19.0 Å². The summed E-state index contributed by atoms with van der Waals surface area (Å²) in [5.74, 6) is 1.78. The molecule has 3 atom stereocenters. The Kier molecular flexibility index (Phi) is 2.55. The SMILES string of the molecule is C=CC1c2ccccc2N2c3cncnc3N(C)C2C1C. The molecule has 21 heavy (non-hydrogen) atoms. The van der Waals surface area contributed by atoms with Gasteiger partial charge in [-0.05, 0) is 11.6 Å². The molecule has 1 aromatic heterocycles. The van der Waals surface area contributed by atoms with Gasteiger partial charge in [0.25, 0.3) is 0 Å². The first kappa shape index (κ1) is 12.4. The van der Waals surface area contributed by atoms with E-state index >= 15 is 0 Å². The Morgan fingerprint density at radius 1 is 1.24 bits per heavy atom. The average Bonchev–Trinajstić information content (AvgIpc) is 2.82. The molecule has 0 saturated carbocycles. The van der Waals surface area contributed by atoms with Gasteiger partial charge in [0.15, 0.2) is 5.82 Å². The molecule has 0 amide bonds. The molecule has 0 saturated heterocycles. The molecule has 2 aliphatic rings. The zero-order valence-corrected chi connectivity index (χ0v) is 12.3. The summed E-state index contributed by atoms with van der Waals surface area (Å²) in [6.45, 7) is 6.34. The van der Waals surface area contributed by atoms with Crippen molar-refractivity contribution in [3.63, 3.8) is 0 Å². The number of aromatic nitrogens is 2. The van der Waals surface area contributed by atoms with Crippen molar-refractivity contribution in [2.24, 2.45) is 5.92 Å². The summed E-state index contributed by atoms with van der Waals surface area (Å²) in [7, 11) is 2.11. The van der Waals surface area contributed by atoms with Gasteiger partial charge >= 0.3 is 0 Å². The van der Waals surface area contributed by atoms with Crippen LogP contribution < -0.4 is 9.80 Å². The second-order valence-corrected chi connectivity index (χ2v) is 5.81. The fraction of sp³-hybridized carbons (Fsp3) is 0.294. The molecule has 0 spiro atoms. The third-order valence-corrected chi connectivity index (χ3v) is 4.77. The Bertz CT molecular complexity index is 711. The number of anilines is 3. The van der Waals surface area contributed by atoms with E-state index in [0.717, 1.165) is 11.5 Å². The molecule has 0 bridgehead atoms. The molecule has 106 valence electrons. The van der Waals surface area contributed by atoms with E-state index in [4.69, 9.17) is 0 Å². The molecule has 2 aliphatic heterocycles. The molecule has 4 rings (SSSR count). The van der Waals surface area contributed by atoms with Crippen LogP contribution >= 0.6 is 0 Å². The van der Waals surface area contributed by atoms with E-state index in [1.165, 1.54) is 11.3 Å². The number of para-hydroxylation sites is 1. The van der Waals surface area contributed by atoms with Crippen LogP contribution in [0.1, 0.15) is 18.4 Å². The molecular formula is C17H18N4. The van der Waals surface area contributed by atoms with E-state index in [1.54, 1.807) is 6.33 Å². The molecule has 1 aromatic carbocycles. The zero-order valence-electron chi connectivity index (χ0n) is 12.3. The van der Waals surface area contributed by atoms with E-state index < -0.39 is 0 Å². The molecular weight excluding hydrogens is 260 g/mol. The van der Waals surface area contributed by atoms with Crippen LogP contribution in [-0.4, -0.2) is 23.2 Å². The van der Waals surface area contributed by atoms with Crippen LogP contribution in [0.4, 0.5) is 17.2 Å². The maximum Gasteiger partial charge on any atom is 0.157 e. The summed E-state index contributed by atoms with van der Waals surface area (Å²) in [5.41, 5.74) is 3.67. The van der Waals surface area contributed by atoms with Crippen molar-refractivity contribution in [2.75, 3.05) is 16.8 Å². The first-order valence-corrected chi connectivity index (χ1v) is 7.27. The van der Waals surface area contributed by atoms with Crippen LogP contribution in [0.15, 0.2) is 49.4 Å². The van der Waals surface area contributed by atoms with Gasteiger partial charge in [-0.25, -0.2) is 9.97 Å². The van der Waals surface area contributed by atoms with Gasteiger partial charge in [-0.1, -0.05) is 31.2 Å². The Balaban J connectivity index is 1.98. The second-order valence-electron chi connectivity index (χ2n) is 5.81. The van der Waals surface area contributed by atoms with Gasteiger partial charge in [0.2, 0.25) is 0 Å². The van der Waals surface area contributed by atoms with Crippen LogP contribution in [0.25, 0.3) is 0 Å². The van der Waals surface area contributed by atoms with Crippen LogP contribution in [0.3, 0.4) is 0 Å². The lowest BCUT2D eigenvalue weighted by Crippen LogP contribution is -2.48. The van der Waals surface area contributed by atoms with Crippen molar-refractivity contribution in [1.29, 1.82) is 0 Å². The third-order valence-electron chi connectivity index (χ3n) is 4.77. The van der Waals surface area contributed by atoms with Crippen LogP contribution in [0.2, 0.25) is 0 Å². The minimum absolute atomic E-state index is 0.259. The number of nitrogens with zero attached hydrogens (tertiary/aromatic N) is 4. The summed E-state index contributed by atoms with van der Waals surface area (Å²) in [6, 6.07) is 8.58. The highest BCUT2D eigenvalue weighted by Gasteiger charge is 2.46. The monoisotopic (exact) mass is 278 g/mol. The predicted molar refractivity (Wildman–Crippen MR) is 84.9 cm³/mol. The summed E-state index contributed by atoms with van der Waals surface area (Å²) >= 11 is 0. The van der Waals surface area contributed by atoms with Gasteiger partial charge in [0.1, 0.15) is 18.2 Å². The van der Waals surface area contributed by atoms with Crippen molar-refractivity contribution in [1.82, 2.24) is 9.97 Å². The van der Waals surface area contributed by atoms with Gasteiger partial charge in [-0.15, -0.1) is 6.58 Å². The predicted octanol–water partition coefficient (Wildman–Crippen LogP) is 3.31. The molecule has 0 radical (unpaired) electrons. The quantitative estimate of drug-likeness (QED) is 0.749. The van der Waals surface area contributed by atoms with Crippen molar-refractivity contribution in [3.05, 3.63) is 55.0 Å². The Labute approximate surface area is 124 Å². The fourth-order valence-corrected chi connectivity index (χ4v) is 3.86. The van der Waals surface area contributed by atoms with Crippen LogP contribution in [0, 0.1) is 5.92 Å². The average molecular weight is 278 g/mol. The molecule has 3 unspecified atom stereocenters. The summed E-state index contributed by atoms with van der Waals surface area (Å²) in [5, 5.41) is 0. The minimum atomic E-state index is 0.259. The molecule has 0 aliphatic carbocycles. The van der Waals surface area contributed by atoms with Crippen molar-refractivity contribution < 1.29 is 0 Å². The number of fused-ring (bicyclic) bond motifs is 5. The largest absolute Gasteiger partial charge is 0.337 e. The maximum absolute atomic E-state index is 4.47. The minimum Gasteiger partial charge on any atom is -0.337 e. The molecule has 4 nitrogen and oxygen atoms in total. The lowest BCUT2D eigenvalue weighted by Gasteiger charge is -2.43. The maximum atomic E-state index is 4.47. The van der Waals surface area contributed by atoms with Gasteiger partial charge in [0.05, 0.1) is 6.20 Å². The lowest BCUT2D eigenvalue weighted by molar-refractivity contribution is 0.402. The fourth-order valence-electron chi connectivity index (χ4n) is 3.86. The Morgan fingerprint density at radius 2 is 2.05 bits per heavy atom. The van der Waals surface area contributed by atoms with Gasteiger partial charge in [0, 0.05) is 24.6 Å². The normalized spacial score (nSPS) is 26.1. The molecule has 3 heterocycles. The van der Waals surface area contributed by atoms with Crippen molar-refractivity contribution >= 4 is 17.2 Å². The second kappa shape index (κ2) is 4.32. The van der Waals surface area contributed by atoms with E-state index in [1.807, 2.05) is 6.20 Å². The Morgan fingerprint density at radius 3 is 2.86 bits per heavy atom. The molecule has 2 aromatic rings. The van der Waals surface area contributed by atoms with E-state index in [0.29, 0.717) is 11.8 Å². The van der Waals surface area contributed by atoms with Crippen LogP contribution in [0.5, 0.6) is 0 Å². The number of rotatable bonds is 1. The summed E-state index contributed by atoms with van der Waals surface area (Å²) in [4.78, 5) is 13.3. The number of benzene rings is 1.